The van der Waals surface area contributed by atoms with Crippen LogP contribution in [0.15, 0.2) is 17.4 Å². The lowest BCUT2D eigenvalue weighted by atomic mass is 10.1. The van der Waals surface area contributed by atoms with Gasteiger partial charge in [0.25, 0.3) is 0 Å². The highest BCUT2D eigenvalue weighted by atomic mass is 16.6. The Morgan fingerprint density at radius 1 is 1.55 bits per heavy atom. The quantitative estimate of drug-likeness (QED) is 0.213. The first-order valence-corrected chi connectivity index (χ1v) is 5.60. The number of hydrogen-bond acceptors (Lipinski definition) is 8. The van der Waals surface area contributed by atoms with Gasteiger partial charge in [-0.3, -0.25) is 4.79 Å². The maximum atomic E-state index is 11.0. The smallest absolute Gasteiger partial charge is 0.248 e. The summed E-state index contributed by atoms with van der Waals surface area (Å²) >= 11 is 0. The molecular weight excluding hydrogens is 274 g/mol. The minimum Gasteiger partial charge on any atom is -0.393 e. The van der Waals surface area contributed by atoms with Gasteiger partial charge in [0.05, 0.1) is 6.61 Å². The van der Waals surface area contributed by atoms with Crippen molar-refractivity contribution >= 4 is 5.91 Å². The van der Waals surface area contributed by atoms with Gasteiger partial charge in [-0.1, -0.05) is 5.11 Å². The zero-order chi connectivity index (χ0) is 14.9. The predicted molar refractivity (Wildman–Crippen MR) is 61.0 cm³/mol. The Morgan fingerprint density at radius 2 is 2.25 bits per heavy atom. The van der Waals surface area contributed by atoms with Crippen LogP contribution in [0.1, 0.15) is 0 Å². The number of ether oxygens (including phenoxy) is 1. The van der Waals surface area contributed by atoms with E-state index in [1.807, 2.05) is 0 Å². The second-order valence-electron chi connectivity index (χ2n) is 4.28. The van der Waals surface area contributed by atoms with Crippen molar-refractivity contribution in [2.45, 2.75) is 30.5 Å². The van der Waals surface area contributed by atoms with Gasteiger partial charge >= 0.3 is 0 Å². The summed E-state index contributed by atoms with van der Waals surface area (Å²) < 4.78 is 5.20. The van der Waals surface area contributed by atoms with E-state index in [0.29, 0.717) is 0 Å². The van der Waals surface area contributed by atoms with Gasteiger partial charge < -0.3 is 35.4 Å². The summed E-state index contributed by atoms with van der Waals surface area (Å²) in [5.41, 5.74) is 6.39. The van der Waals surface area contributed by atoms with Gasteiger partial charge in [-0.2, -0.15) is 0 Å². The molecule has 1 fully saturated rings. The number of aliphatic hydroxyl groups is 4. The molecule has 5 atom stereocenters. The third-order valence-electron chi connectivity index (χ3n) is 3.09. The molecule has 0 aliphatic carbocycles. The molecule has 2 aliphatic rings. The largest absolute Gasteiger partial charge is 0.393 e. The number of nitrogens with zero attached hydrogens (tertiary/aromatic N) is 4. The first-order chi connectivity index (χ1) is 9.45. The number of carbonyl (C=O) groups excluding carboxylic acids is 1. The molecule has 0 spiro atoms. The van der Waals surface area contributed by atoms with Crippen molar-refractivity contribution in [1.82, 2.24) is 10.2 Å². The Balaban J connectivity index is 2.28. The number of amides is 1. The van der Waals surface area contributed by atoms with Gasteiger partial charge in [0.15, 0.2) is 6.23 Å². The highest BCUT2D eigenvalue weighted by Crippen LogP contribution is 2.35. The SMILES string of the molecule is [N-]=[N+]=NC1(CO)OC(N2C=CC(=O)NC2O)C(O)C1O. The van der Waals surface area contributed by atoms with Crippen LogP contribution >= 0.6 is 0 Å². The van der Waals surface area contributed by atoms with Crippen LogP contribution in [-0.2, 0) is 9.53 Å². The van der Waals surface area contributed by atoms with Crippen LogP contribution in [0, 0.1) is 0 Å². The maximum absolute atomic E-state index is 11.0. The minimum absolute atomic E-state index is 0.551. The molecule has 0 saturated carbocycles. The van der Waals surface area contributed by atoms with Crippen molar-refractivity contribution in [3.05, 3.63) is 22.7 Å². The van der Waals surface area contributed by atoms with Gasteiger partial charge in [0, 0.05) is 17.2 Å². The fourth-order valence-electron chi connectivity index (χ4n) is 2.04. The number of hydrogen-bond donors (Lipinski definition) is 5. The summed E-state index contributed by atoms with van der Waals surface area (Å²) in [4.78, 5) is 14.5. The van der Waals surface area contributed by atoms with Crippen molar-refractivity contribution in [2.24, 2.45) is 5.11 Å². The second kappa shape index (κ2) is 5.25. The van der Waals surface area contributed by atoms with Crippen molar-refractivity contribution in [3.63, 3.8) is 0 Å². The van der Waals surface area contributed by atoms with Gasteiger partial charge in [-0.25, -0.2) is 0 Å². The standard InChI is InChI=1S/C9H13N5O6/c10-13-12-9(3-15)6(18)5(17)7(20-9)14-2-1-4(16)11-8(14)19/h1-2,5-8,15,17-19H,3H2,(H,11,16). The van der Waals surface area contributed by atoms with Gasteiger partial charge in [0.1, 0.15) is 12.2 Å². The molecule has 2 rings (SSSR count). The summed E-state index contributed by atoms with van der Waals surface area (Å²) in [5, 5.41) is 44.0. The molecule has 1 saturated heterocycles. The summed E-state index contributed by atoms with van der Waals surface area (Å²) in [7, 11) is 0. The van der Waals surface area contributed by atoms with Crippen LogP contribution in [0.5, 0.6) is 0 Å². The second-order valence-corrected chi connectivity index (χ2v) is 4.28. The Morgan fingerprint density at radius 3 is 2.80 bits per heavy atom. The van der Waals surface area contributed by atoms with E-state index in [4.69, 9.17) is 10.3 Å². The van der Waals surface area contributed by atoms with E-state index in [1.54, 1.807) is 0 Å². The predicted octanol–water partition coefficient (Wildman–Crippen LogP) is -2.72. The van der Waals surface area contributed by atoms with Crippen LogP contribution in [-0.4, -0.2) is 68.4 Å². The lowest BCUT2D eigenvalue weighted by Gasteiger charge is -2.35. The summed E-state index contributed by atoms with van der Waals surface area (Å²) in [6, 6.07) is 0. The molecule has 5 N–H and O–H groups in total. The first kappa shape index (κ1) is 14.5. The lowest BCUT2D eigenvalue weighted by Crippen LogP contribution is -2.55. The van der Waals surface area contributed by atoms with Crippen LogP contribution in [0.25, 0.3) is 10.4 Å². The Hall–Kier alpha value is -1.88. The molecule has 0 aromatic heterocycles. The van der Waals surface area contributed by atoms with E-state index < -0.39 is 43.0 Å². The normalized spacial score (nSPS) is 40.4. The highest BCUT2D eigenvalue weighted by molar-refractivity contribution is 5.88. The third-order valence-corrected chi connectivity index (χ3v) is 3.09. The van der Waals surface area contributed by atoms with E-state index in [-0.39, 0.29) is 0 Å². The topological polar surface area (TPSA) is 171 Å². The molecule has 0 bridgehead atoms. The average Bonchev–Trinajstić information content (AvgIpc) is 2.65. The number of rotatable bonds is 3. The van der Waals surface area contributed by atoms with Crippen LogP contribution in [0.3, 0.4) is 0 Å². The molecule has 5 unspecified atom stereocenters. The minimum atomic E-state index is -2.06. The van der Waals surface area contributed by atoms with Gasteiger partial charge in [0.2, 0.25) is 18.0 Å². The van der Waals surface area contributed by atoms with Crippen molar-refractivity contribution < 1.29 is 30.0 Å². The summed E-state index contributed by atoms with van der Waals surface area (Å²) in [5.74, 6) is -0.551. The lowest BCUT2D eigenvalue weighted by molar-refractivity contribution is -0.174. The van der Waals surface area contributed by atoms with Crippen molar-refractivity contribution in [1.29, 1.82) is 0 Å². The molecular formula is C9H13N5O6. The van der Waals surface area contributed by atoms with E-state index in [0.717, 1.165) is 17.2 Å². The summed E-state index contributed by atoms with van der Waals surface area (Å²) in [6.07, 6.45) is -3.89. The molecule has 0 radical (unpaired) electrons. The molecule has 11 heteroatoms. The fourth-order valence-corrected chi connectivity index (χ4v) is 2.04. The molecule has 20 heavy (non-hydrogen) atoms. The number of nitrogens with one attached hydrogen (secondary N) is 1. The molecule has 0 aromatic carbocycles. The summed E-state index contributed by atoms with van der Waals surface area (Å²) in [6.45, 7) is -0.869. The zero-order valence-corrected chi connectivity index (χ0v) is 10.1. The first-order valence-electron chi connectivity index (χ1n) is 5.60. The molecule has 110 valence electrons. The Labute approximate surface area is 112 Å². The highest BCUT2D eigenvalue weighted by Gasteiger charge is 2.56. The fraction of sp³-hybridized carbons (Fsp3) is 0.667. The van der Waals surface area contributed by atoms with Crippen LogP contribution < -0.4 is 5.32 Å². The monoisotopic (exact) mass is 287 g/mol. The molecule has 0 aromatic rings. The maximum Gasteiger partial charge on any atom is 0.248 e. The third kappa shape index (κ3) is 2.18. The van der Waals surface area contributed by atoms with Crippen molar-refractivity contribution in [2.75, 3.05) is 6.61 Å². The van der Waals surface area contributed by atoms with E-state index in [2.05, 4.69) is 15.3 Å². The van der Waals surface area contributed by atoms with E-state index in [1.165, 1.54) is 0 Å². The molecule has 11 nitrogen and oxygen atoms in total. The molecule has 2 aliphatic heterocycles. The van der Waals surface area contributed by atoms with E-state index >= 15 is 0 Å². The zero-order valence-electron chi connectivity index (χ0n) is 10.1. The van der Waals surface area contributed by atoms with Crippen LogP contribution in [0.4, 0.5) is 0 Å². The molecule has 2 heterocycles. The van der Waals surface area contributed by atoms with Gasteiger partial charge in [-0.15, -0.1) is 0 Å². The average molecular weight is 287 g/mol. The van der Waals surface area contributed by atoms with E-state index in [9.17, 15) is 25.2 Å². The Bertz CT molecular complexity index is 479. The Kier molecular flexibility index (Phi) is 3.81. The number of azide groups is 1. The van der Waals surface area contributed by atoms with Crippen LogP contribution in [0.2, 0.25) is 0 Å². The van der Waals surface area contributed by atoms with Gasteiger partial charge in [-0.05, 0) is 5.53 Å². The molecule has 1 amide bonds. The number of aliphatic hydroxyl groups excluding tert-OH is 4. The number of carbonyl (C=O) groups is 1. The van der Waals surface area contributed by atoms with Crippen molar-refractivity contribution in [3.8, 4) is 0 Å².